The molecule has 2 N–H and O–H groups in total. The van der Waals surface area contributed by atoms with Crippen LogP contribution in [0.5, 0.6) is 0 Å². The van der Waals surface area contributed by atoms with E-state index in [0.717, 1.165) is 16.0 Å². The molecular weight excluding hydrogens is 270 g/mol. The number of aryl methyl sites for hydroxylation is 1. The molecular formula is C16H19NO2S. The summed E-state index contributed by atoms with van der Waals surface area (Å²) in [7, 11) is 1.38. The van der Waals surface area contributed by atoms with Gasteiger partial charge in [0.25, 0.3) is 0 Å². The van der Waals surface area contributed by atoms with E-state index in [2.05, 4.69) is 32.9 Å². The van der Waals surface area contributed by atoms with E-state index in [4.69, 9.17) is 10.5 Å². The van der Waals surface area contributed by atoms with Crippen molar-refractivity contribution < 1.29 is 9.53 Å². The van der Waals surface area contributed by atoms with Crippen LogP contribution in [0.4, 0.5) is 5.69 Å². The highest BCUT2D eigenvalue weighted by Gasteiger charge is 2.23. The van der Waals surface area contributed by atoms with Crippen LogP contribution in [0.1, 0.15) is 40.6 Å². The molecule has 106 valence electrons. The largest absolute Gasteiger partial charge is 0.465 e. The molecule has 0 saturated heterocycles. The van der Waals surface area contributed by atoms with Gasteiger partial charge in [-0.15, -0.1) is 11.3 Å². The number of anilines is 1. The van der Waals surface area contributed by atoms with Crippen LogP contribution in [0, 0.1) is 6.92 Å². The number of rotatable bonds is 3. The number of hydrogen-bond acceptors (Lipinski definition) is 4. The molecule has 20 heavy (non-hydrogen) atoms. The molecule has 0 amide bonds. The second kappa shape index (κ2) is 5.67. The molecule has 0 atom stereocenters. The number of nitrogens with two attached hydrogens (primary N) is 1. The van der Waals surface area contributed by atoms with Gasteiger partial charge in [0.15, 0.2) is 0 Å². The normalized spacial score (nSPS) is 10.8. The fourth-order valence-electron chi connectivity index (χ4n) is 2.27. The van der Waals surface area contributed by atoms with Crippen LogP contribution in [0.25, 0.3) is 10.4 Å². The van der Waals surface area contributed by atoms with Gasteiger partial charge < -0.3 is 10.5 Å². The first kappa shape index (κ1) is 14.6. The van der Waals surface area contributed by atoms with E-state index in [-0.39, 0.29) is 11.9 Å². The van der Waals surface area contributed by atoms with Crippen LogP contribution >= 0.6 is 11.3 Å². The van der Waals surface area contributed by atoms with Crippen molar-refractivity contribution in [3.63, 3.8) is 0 Å². The smallest absolute Gasteiger partial charge is 0.350 e. The van der Waals surface area contributed by atoms with Crippen molar-refractivity contribution in [2.75, 3.05) is 12.8 Å². The molecule has 0 spiro atoms. The summed E-state index contributed by atoms with van der Waals surface area (Å²) in [6.45, 7) is 6.22. The lowest BCUT2D eigenvalue weighted by atomic mass is 9.97. The zero-order valence-corrected chi connectivity index (χ0v) is 13.0. The van der Waals surface area contributed by atoms with Crippen molar-refractivity contribution in [1.82, 2.24) is 0 Å². The van der Waals surface area contributed by atoms with Gasteiger partial charge in [0, 0.05) is 4.88 Å². The average molecular weight is 289 g/mol. The Morgan fingerprint density at radius 3 is 2.60 bits per heavy atom. The van der Waals surface area contributed by atoms with Gasteiger partial charge in [-0.1, -0.05) is 43.7 Å². The predicted molar refractivity (Wildman–Crippen MR) is 84.3 cm³/mol. The molecule has 1 heterocycles. The van der Waals surface area contributed by atoms with Gasteiger partial charge in [-0.25, -0.2) is 4.79 Å². The monoisotopic (exact) mass is 289 g/mol. The van der Waals surface area contributed by atoms with E-state index in [1.54, 1.807) is 0 Å². The Bertz CT molecular complexity index is 644. The zero-order valence-electron chi connectivity index (χ0n) is 12.2. The summed E-state index contributed by atoms with van der Waals surface area (Å²) in [6, 6.07) is 8.22. The summed E-state index contributed by atoms with van der Waals surface area (Å²) in [5, 5.41) is 0. The van der Waals surface area contributed by atoms with Gasteiger partial charge in [0.1, 0.15) is 4.88 Å². The summed E-state index contributed by atoms with van der Waals surface area (Å²) in [4.78, 5) is 13.4. The van der Waals surface area contributed by atoms with Gasteiger partial charge in [0.05, 0.1) is 12.8 Å². The summed E-state index contributed by atoms with van der Waals surface area (Å²) < 4.78 is 4.82. The van der Waals surface area contributed by atoms with Crippen LogP contribution < -0.4 is 5.73 Å². The molecule has 1 aromatic carbocycles. The molecule has 2 aromatic rings. The minimum Gasteiger partial charge on any atom is -0.465 e. The lowest BCUT2D eigenvalue weighted by Gasteiger charge is -2.09. The number of ether oxygens (including phenoxy) is 1. The number of thiophene rings is 1. The fourth-order valence-corrected chi connectivity index (χ4v) is 3.57. The Morgan fingerprint density at radius 1 is 1.35 bits per heavy atom. The standard InChI is InChI=1S/C16H19NO2S/c1-9(2)12-13(17)15(16(18)19-4)20-14(12)11-7-5-6-10(3)8-11/h5-9H,17H2,1-4H3. The molecule has 0 fully saturated rings. The zero-order chi connectivity index (χ0) is 14.9. The van der Waals surface area contributed by atoms with Crippen molar-refractivity contribution in [2.24, 2.45) is 0 Å². The highest BCUT2D eigenvalue weighted by molar-refractivity contribution is 7.18. The molecule has 0 aliphatic carbocycles. The Balaban J connectivity index is 2.66. The molecule has 3 nitrogen and oxygen atoms in total. The highest BCUT2D eigenvalue weighted by Crippen LogP contribution is 2.43. The summed E-state index contributed by atoms with van der Waals surface area (Å²) in [6.07, 6.45) is 0. The number of carbonyl (C=O) groups is 1. The average Bonchev–Trinajstić information content (AvgIpc) is 2.75. The molecule has 0 unspecified atom stereocenters. The maximum absolute atomic E-state index is 11.8. The van der Waals surface area contributed by atoms with Gasteiger partial charge in [0.2, 0.25) is 0 Å². The van der Waals surface area contributed by atoms with Crippen LogP contribution in [0.2, 0.25) is 0 Å². The minimum absolute atomic E-state index is 0.250. The number of hydrogen-bond donors (Lipinski definition) is 1. The predicted octanol–water partition coefficient (Wildman–Crippen LogP) is 4.22. The Hall–Kier alpha value is -1.81. The third-order valence-electron chi connectivity index (χ3n) is 3.21. The Labute approximate surface area is 123 Å². The quantitative estimate of drug-likeness (QED) is 0.861. The van der Waals surface area contributed by atoms with Crippen molar-refractivity contribution in [1.29, 1.82) is 0 Å². The molecule has 2 rings (SSSR count). The van der Waals surface area contributed by atoms with Crippen molar-refractivity contribution in [3.8, 4) is 10.4 Å². The first-order valence-corrected chi connectivity index (χ1v) is 7.34. The number of benzene rings is 1. The summed E-state index contributed by atoms with van der Waals surface area (Å²) in [5.41, 5.74) is 10.0. The van der Waals surface area contributed by atoms with E-state index in [1.807, 2.05) is 12.1 Å². The Kier molecular flexibility index (Phi) is 4.14. The van der Waals surface area contributed by atoms with Gasteiger partial charge in [-0.2, -0.15) is 0 Å². The first-order chi connectivity index (χ1) is 9.45. The van der Waals surface area contributed by atoms with Gasteiger partial charge in [-0.3, -0.25) is 0 Å². The summed E-state index contributed by atoms with van der Waals surface area (Å²) in [5.74, 6) is -0.117. The lowest BCUT2D eigenvalue weighted by molar-refractivity contribution is 0.0607. The highest BCUT2D eigenvalue weighted by atomic mass is 32.1. The van der Waals surface area contributed by atoms with Crippen LogP contribution in [0.3, 0.4) is 0 Å². The SMILES string of the molecule is COC(=O)c1sc(-c2cccc(C)c2)c(C(C)C)c1N. The van der Waals surface area contributed by atoms with E-state index < -0.39 is 0 Å². The second-order valence-corrected chi connectivity index (χ2v) is 6.12. The first-order valence-electron chi connectivity index (χ1n) is 6.53. The maximum atomic E-state index is 11.8. The molecule has 0 saturated carbocycles. The van der Waals surface area contributed by atoms with Crippen molar-refractivity contribution >= 4 is 23.0 Å². The van der Waals surface area contributed by atoms with Gasteiger partial charge in [-0.05, 0) is 24.0 Å². The van der Waals surface area contributed by atoms with Crippen LogP contribution in [-0.4, -0.2) is 13.1 Å². The second-order valence-electron chi connectivity index (χ2n) is 5.10. The molecule has 1 aromatic heterocycles. The van der Waals surface area contributed by atoms with Crippen LogP contribution in [-0.2, 0) is 4.74 Å². The van der Waals surface area contributed by atoms with Crippen LogP contribution in [0.15, 0.2) is 24.3 Å². The van der Waals surface area contributed by atoms with E-state index >= 15 is 0 Å². The molecule has 0 aliphatic heterocycles. The minimum atomic E-state index is -0.367. The molecule has 0 aliphatic rings. The Morgan fingerprint density at radius 2 is 2.05 bits per heavy atom. The third-order valence-corrected chi connectivity index (χ3v) is 4.46. The molecule has 4 heteroatoms. The summed E-state index contributed by atoms with van der Waals surface area (Å²) >= 11 is 1.41. The van der Waals surface area contributed by atoms with Crippen molar-refractivity contribution in [2.45, 2.75) is 26.7 Å². The van der Waals surface area contributed by atoms with E-state index in [1.165, 1.54) is 24.0 Å². The third kappa shape index (κ3) is 2.56. The number of esters is 1. The van der Waals surface area contributed by atoms with E-state index in [9.17, 15) is 4.79 Å². The number of methoxy groups -OCH3 is 1. The number of carbonyl (C=O) groups excluding carboxylic acids is 1. The fraction of sp³-hybridized carbons (Fsp3) is 0.312. The number of nitrogen functional groups attached to an aromatic ring is 1. The topological polar surface area (TPSA) is 52.3 Å². The van der Waals surface area contributed by atoms with Crippen molar-refractivity contribution in [3.05, 3.63) is 40.3 Å². The van der Waals surface area contributed by atoms with E-state index in [0.29, 0.717) is 10.6 Å². The van der Waals surface area contributed by atoms with Gasteiger partial charge >= 0.3 is 5.97 Å². The lowest BCUT2D eigenvalue weighted by Crippen LogP contribution is -2.03. The molecule has 0 bridgehead atoms. The maximum Gasteiger partial charge on any atom is 0.350 e. The molecule has 0 radical (unpaired) electrons.